The van der Waals surface area contributed by atoms with Crippen LogP contribution in [0.3, 0.4) is 0 Å². The molecule has 82 valence electrons. The SMILES string of the molecule is CCC(N)CC/C=C(P)\C(F)=C/CF. The third-order valence-corrected chi connectivity index (χ3v) is 2.47. The van der Waals surface area contributed by atoms with Crippen molar-refractivity contribution < 1.29 is 8.78 Å². The van der Waals surface area contributed by atoms with E-state index in [4.69, 9.17) is 5.73 Å². The molecule has 2 atom stereocenters. The zero-order chi connectivity index (χ0) is 11.0. The molecule has 0 bridgehead atoms. The third kappa shape index (κ3) is 6.22. The Kier molecular flexibility index (Phi) is 7.92. The minimum atomic E-state index is -0.772. The zero-order valence-corrected chi connectivity index (χ0v) is 9.63. The molecule has 0 radical (unpaired) electrons. The lowest BCUT2D eigenvalue weighted by atomic mass is 10.1. The summed E-state index contributed by atoms with van der Waals surface area (Å²) in [7, 11) is 2.26. The van der Waals surface area contributed by atoms with Crippen molar-refractivity contribution in [2.75, 3.05) is 6.67 Å². The highest BCUT2D eigenvalue weighted by molar-refractivity contribution is 7.23. The summed E-state index contributed by atoms with van der Waals surface area (Å²) < 4.78 is 24.6. The fraction of sp³-hybridized carbons (Fsp3) is 0.600. The molecule has 14 heavy (non-hydrogen) atoms. The van der Waals surface area contributed by atoms with E-state index < -0.39 is 12.5 Å². The van der Waals surface area contributed by atoms with Crippen LogP contribution < -0.4 is 5.73 Å². The van der Waals surface area contributed by atoms with Gasteiger partial charge in [0.15, 0.2) is 0 Å². The number of alkyl halides is 1. The van der Waals surface area contributed by atoms with Crippen LogP contribution >= 0.6 is 9.24 Å². The van der Waals surface area contributed by atoms with Crippen molar-refractivity contribution in [3.05, 3.63) is 23.3 Å². The van der Waals surface area contributed by atoms with Crippen LogP contribution in [0.5, 0.6) is 0 Å². The van der Waals surface area contributed by atoms with E-state index in [0.717, 1.165) is 25.3 Å². The lowest BCUT2D eigenvalue weighted by Gasteiger charge is -2.05. The first-order valence-electron chi connectivity index (χ1n) is 4.75. The fourth-order valence-corrected chi connectivity index (χ4v) is 1.22. The molecular weight excluding hydrogens is 203 g/mol. The first kappa shape index (κ1) is 13.7. The smallest absolute Gasteiger partial charge is 0.128 e. The van der Waals surface area contributed by atoms with E-state index in [1.807, 2.05) is 6.92 Å². The quantitative estimate of drug-likeness (QED) is 0.541. The molecule has 0 spiro atoms. The van der Waals surface area contributed by atoms with Crippen molar-refractivity contribution in [1.82, 2.24) is 0 Å². The summed E-state index contributed by atoms with van der Waals surface area (Å²) in [5.74, 6) is -0.512. The maximum absolute atomic E-state index is 12.9. The molecule has 4 heteroatoms. The summed E-state index contributed by atoms with van der Waals surface area (Å²) in [5.41, 5.74) is 5.69. The number of halogens is 2. The highest BCUT2D eigenvalue weighted by Crippen LogP contribution is 2.19. The van der Waals surface area contributed by atoms with Gasteiger partial charge in [-0.1, -0.05) is 13.0 Å². The number of allylic oxidation sites excluding steroid dienone is 4. The second-order valence-corrected chi connectivity index (χ2v) is 3.73. The summed E-state index contributed by atoms with van der Waals surface area (Å²) in [6.07, 6.45) is 5.11. The Morgan fingerprint density at radius 1 is 1.50 bits per heavy atom. The predicted octanol–water partition coefficient (Wildman–Crippen LogP) is 3.09. The van der Waals surface area contributed by atoms with E-state index in [0.29, 0.717) is 5.31 Å². The van der Waals surface area contributed by atoms with E-state index in [9.17, 15) is 8.78 Å². The monoisotopic (exact) mass is 221 g/mol. The largest absolute Gasteiger partial charge is 0.328 e. The van der Waals surface area contributed by atoms with Crippen LogP contribution in [-0.4, -0.2) is 12.7 Å². The molecule has 0 rings (SSSR count). The van der Waals surface area contributed by atoms with E-state index >= 15 is 0 Å². The van der Waals surface area contributed by atoms with E-state index in [-0.39, 0.29) is 6.04 Å². The van der Waals surface area contributed by atoms with Crippen LogP contribution in [0.15, 0.2) is 23.3 Å². The zero-order valence-electron chi connectivity index (χ0n) is 8.47. The Morgan fingerprint density at radius 2 is 2.14 bits per heavy atom. The first-order valence-corrected chi connectivity index (χ1v) is 5.32. The van der Waals surface area contributed by atoms with Gasteiger partial charge < -0.3 is 5.73 Å². The van der Waals surface area contributed by atoms with E-state index in [1.54, 1.807) is 6.08 Å². The van der Waals surface area contributed by atoms with Gasteiger partial charge in [0.1, 0.15) is 12.5 Å². The molecule has 0 heterocycles. The second kappa shape index (κ2) is 8.07. The Hall–Kier alpha value is -0.270. The normalized spacial score (nSPS) is 15.8. The average molecular weight is 221 g/mol. The molecule has 0 amide bonds. The van der Waals surface area contributed by atoms with E-state index in [1.165, 1.54) is 0 Å². The van der Waals surface area contributed by atoms with Gasteiger partial charge in [0, 0.05) is 11.4 Å². The van der Waals surface area contributed by atoms with Crippen LogP contribution in [0.4, 0.5) is 8.78 Å². The summed E-state index contributed by atoms with van der Waals surface area (Å²) in [5, 5.41) is 0.408. The Bertz CT molecular complexity index is 214. The number of hydrogen-bond acceptors (Lipinski definition) is 1. The lowest BCUT2D eigenvalue weighted by Crippen LogP contribution is -2.17. The number of rotatable bonds is 6. The van der Waals surface area contributed by atoms with Gasteiger partial charge in [-0.2, -0.15) is 0 Å². The molecule has 2 unspecified atom stereocenters. The van der Waals surface area contributed by atoms with Crippen molar-refractivity contribution in [2.24, 2.45) is 5.73 Å². The van der Waals surface area contributed by atoms with Crippen molar-refractivity contribution in [3.63, 3.8) is 0 Å². The minimum absolute atomic E-state index is 0.164. The topological polar surface area (TPSA) is 26.0 Å². The molecular formula is C10H18F2NP. The first-order chi connectivity index (χ1) is 6.61. The lowest BCUT2D eigenvalue weighted by molar-refractivity contribution is 0.546. The van der Waals surface area contributed by atoms with Gasteiger partial charge in [0.2, 0.25) is 0 Å². The van der Waals surface area contributed by atoms with Crippen LogP contribution in [0.25, 0.3) is 0 Å². The van der Waals surface area contributed by atoms with Gasteiger partial charge in [0.25, 0.3) is 0 Å². The molecule has 2 N–H and O–H groups in total. The summed E-state index contributed by atoms with van der Waals surface area (Å²) in [4.78, 5) is 0. The van der Waals surface area contributed by atoms with Crippen molar-refractivity contribution in [1.29, 1.82) is 0 Å². The fourth-order valence-electron chi connectivity index (χ4n) is 0.940. The van der Waals surface area contributed by atoms with Crippen LogP contribution in [0.2, 0.25) is 0 Å². The van der Waals surface area contributed by atoms with Crippen molar-refractivity contribution in [2.45, 2.75) is 32.2 Å². The Morgan fingerprint density at radius 3 is 2.64 bits per heavy atom. The van der Waals surface area contributed by atoms with Crippen LogP contribution in [-0.2, 0) is 0 Å². The Labute approximate surface area is 86.6 Å². The molecule has 0 saturated carbocycles. The standard InChI is InChI=1S/C10H18F2NP/c1-2-8(13)4-3-5-10(14)9(12)6-7-11/h5-6,8H,2-4,7,13-14H2,1H3/b9-6+,10-5+. The molecule has 0 aromatic carbocycles. The van der Waals surface area contributed by atoms with Crippen molar-refractivity contribution in [3.8, 4) is 0 Å². The summed E-state index contributed by atoms with van der Waals surface area (Å²) in [6, 6.07) is 0.164. The van der Waals surface area contributed by atoms with E-state index in [2.05, 4.69) is 9.24 Å². The Balaban J connectivity index is 3.94. The van der Waals surface area contributed by atoms with Gasteiger partial charge in [-0.25, -0.2) is 8.78 Å². The molecule has 1 nitrogen and oxygen atoms in total. The van der Waals surface area contributed by atoms with Gasteiger partial charge >= 0.3 is 0 Å². The maximum Gasteiger partial charge on any atom is 0.128 e. The van der Waals surface area contributed by atoms with Gasteiger partial charge in [-0.05, 0) is 25.3 Å². The highest BCUT2D eigenvalue weighted by Gasteiger charge is 1.99. The van der Waals surface area contributed by atoms with Crippen molar-refractivity contribution >= 4 is 9.24 Å². The highest BCUT2D eigenvalue weighted by atomic mass is 31.0. The molecule has 0 fully saturated rings. The molecule has 0 aliphatic rings. The van der Waals surface area contributed by atoms with Gasteiger partial charge in [-0.15, -0.1) is 9.24 Å². The number of hydrogen-bond donors (Lipinski definition) is 1. The third-order valence-electron chi connectivity index (χ3n) is 1.96. The van der Waals surface area contributed by atoms with Crippen LogP contribution in [0.1, 0.15) is 26.2 Å². The predicted molar refractivity (Wildman–Crippen MR) is 60.5 cm³/mol. The molecule has 0 aromatic rings. The molecule has 0 aliphatic heterocycles. The molecule has 0 aromatic heterocycles. The average Bonchev–Trinajstić information content (AvgIpc) is 2.17. The molecule has 0 aliphatic carbocycles. The second-order valence-electron chi connectivity index (χ2n) is 3.11. The maximum atomic E-state index is 12.9. The number of nitrogens with two attached hydrogens (primary N) is 1. The van der Waals surface area contributed by atoms with Gasteiger partial charge in [-0.3, -0.25) is 0 Å². The summed E-state index contributed by atoms with van der Waals surface area (Å²) >= 11 is 0. The van der Waals surface area contributed by atoms with Gasteiger partial charge in [0.05, 0.1) is 0 Å². The minimum Gasteiger partial charge on any atom is -0.328 e. The molecule has 0 saturated heterocycles. The van der Waals surface area contributed by atoms with Crippen LogP contribution in [0, 0.1) is 0 Å². The summed E-state index contributed by atoms with van der Waals surface area (Å²) in [6.45, 7) is 1.24.